The highest BCUT2D eigenvalue weighted by molar-refractivity contribution is 7.92. The standard InChI is InChI=1S/C14H18O3S/c15-13(10-12-6-4-5-7-12)11-18(16,17)14-8-2-1-3-9-14/h1-3,8-9,12H,4-7,10-11H2. The summed E-state index contributed by atoms with van der Waals surface area (Å²) >= 11 is 0. The number of hydrogen-bond donors (Lipinski definition) is 0. The van der Waals surface area contributed by atoms with Crippen molar-refractivity contribution in [2.75, 3.05) is 5.75 Å². The van der Waals surface area contributed by atoms with E-state index in [-0.39, 0.29) is 16.4 Å². The first-order valence-corrected chi connectivity index (χ1v) is 8.03. The largest absolute Gasteiger partial charge is 0.299 e. The Morgan fingerprint density at radius 3 is 2.33 bits per heavy atom. The normalized spacial score (nSPS) is 16.9. The summed E-state index contributed by atoms with van der Waals surface area (Å²) in [7, 11) is -3.45. The van der Waals surface area contributed by atoms with Crippen LogP contribution in [0.5, 0.6) is 0 Å². The van der Waals surface area contributed by atoms with E-state index in [4.69, 9.17) is 0 Å². The second-order valence-electron chi connectivity index (χ2n) is 4.97. The van der Waals surface area contributed by atoms with Crippen LogP contribution in [0.25, 0.3) is 0 Å². The molecule has 0 aliphatic heterocycles. The third-order valence-electron chi connectivity index (χ3n) is 3.44. The van der Waals surface area contributed by atoms with E-state index >= 15 is 0 Å². The highest BCUT2D eigenvalue weighted by Crippen LogP contribution is 2.28. The molecule has 1 aliphatic carbocycles. The number of benzene rings is 1. The monoisotopic (exact) mass is 266 g/mol. The van der Waals surface area contributed by atoms with Crippen molar-refractivity contribution in [3.63, 3.8) is 0 Å². The molecule has 1 aliphatic rings. The molecule has 18 heavy (non-hydrogen) atoms. The minimum atomic E-state index is -3.45. The molecule has 4 heteroatoms. The molecule has 1 aromatic rings. The number of sulfone groups is 1. The Hall–Kier alpha value is -1.16. The van der Waals surface area contributed by atoms with Crippen LogP contribution in [-0.4, -0.2) is 20.0 Å². The average Bonchev–Trinajstić information content (AvgIpc) is 2.82. The zero-order valence-electron chi connectivity index (χ0n) is 10.3. The lowest BCUT2D eigenvalue weighted by molar-refractivity contribution is -0.117. The van der Waals surface area contributed by atoms with Gasteiger partial charge in [0.15, 0.2) is 9.84 Å². The van der Waals surface area contributed by atoms with Crippen molar-refractivity contribution in [3.05, 3.63) is 30.3 Å². The molecular weight excluding hydrogens is 248 g/mol. The molecule has 3 nitrogen and oxygen atoms in total. The van der Waals surface area contributed by atoms with E-state index in [1.807, 2.05) is 0 Å². The first-order chi connectivity index (χ1) is 8.58. The van der Waals surface area contributed by atoms with Gasteiger partial charge >= 0.3 is 0 Å². The van der Waals surface area contributed by atoms with Crippen LogP contribution in [0.3, 0.4) is 0 Å². The summed E-state index contributed by atoms with van der Waals surface area (Å²) in [5.41, 5.74) is 0. The number of hydrogen-bond acceptors (Lipinski definition) is 3. The SMILES string of the molecule is O=C(CC1CCCC1)CS(=O)(=O)c1ccccc1. The van der Waals surface area contributed by atoms with Crippen molar-refractivity contribution < 1.29 is 13.2 Å². The molecule has 0 unspecified atom stereocenters. The van der Waals surface area contributed by atoms with Gasteiger partial charge in [0.25, 0.3) is 0 Å². The van der Waals surface area contributed by atoms with Crippen LogP contribution in [0, 0.1) is 5.92 Å². The maximum absolute atomic E-state index is 12.0. The van der Waals surface area contributed by atoms with Gasteiger partial charge < -0.3 is 0 Å². The number of ketones is 1. The minimum Gasteiger partial charge on any atom is -0.299 e. The highest BCUT2D eigenvalue weighted by Gasteiger charge is 2.23. The van der Waals surface area contributed by atoms with E-state index in [9.17, 15) is 13.2 Å². The molecule has 1 saturated carbocycles. The third kappa shape index (κ3) is 3.42. The molecule has 0 atom stereocenters. The zero-order chi connectivity index (χ0) is 13.0. The lowest BCUT2D eigenvalue weighted by Crippen LogP contribution is -2.18. The average molecular weight is 266 g/mol. The van der Waals surface area contributed by atoms with E-state index in [2.05, 4.69) is 0 Å². The quantitative estimate of drug-likeness (QED) is 0.823. The number of carbonyl (C=O) groups excluding carboxylic acids is 1. The van der Waals surface area contributed by atoms with Crippen molar-refractivity contribution >= 4 is 15.6 Å². The first-order valence-electron chi connectivity index (χ1n) is 6.37. The van der Waals surface area contributed by atoms with Crippen molar-refractivity contribution in [2.45, 2.75) is 37.0 Å². The van der Waals surface area contributed by atoms with Crippen LogP contribution in [0.2, 0.25) is 0 Å². The lowest BCUT2D eigenvalue weighted by atomic mass is 10.0. The van der Waals surface area contributed by atoms with Gasteiger partial charge in [0, 0.05) is 6.42 Å². The maximum atomic E-state index is 12.0. The molecule has 0 saturated heterocycles. The molecule has 0 bridgehead atoms. The Morgan fingerprint density at radius 2 is 1.72 bits per heavy atom. The second kappa shape index (κ2) is 5.65. The van der Waals surface area contributed by atoms with Gasteiger partial charge in [-0.1, -0.05) is 43.9 Å². The topological polar surface area (TPSA) is 51.2 Å². The third-order valence-corrected chi connectivity index (χ3v) is 5.14. The van der Waals surface area contributed by atoms with E-state index in [1.54, 1.807) is 18.2 Å². The molecule has 0 aromatic heterocycles. The number of rotatable bonds is 5. The molecule has 2 rings (SSSR count). The molecule has 1 fully saturated rings. The smallest absolute Gasteiger partial charge is 0.185 e. The van der Waals surface area contributed by atoms with Crippen molar-refractivity contribution in [2.24, 2.45) is 5.92 Å². The summed E-state index contributed by atoms with van der Waals surface area (Å²) in [5.74, 6) is -0.0951. The fourth-order valence-electron chi connectivity index (χ4n) is 2.52. The Morgan fingerprint density at radius 1 is 1.11 bits per heavy atom. The predicted octanol–water partition coefficient (Wildman–Crippen LogP) is 2.61. The van der Waals surface area contributed by atoms with Gasteiger partial charge in [-0.05, 0) is 18.1 Å². The molecule has 0 heterocycles. The van der Waals surface area contributed by atoms with Crippen LogP contribution in [0.4, 0.5) is 0 Å². The van der Waals surface area contributed by atoms with Crippen LogP contribution >= 0.6 is 0 Å². The van der Waals surface area contributed by atoms with Gasteiger partial charge in [-0.25, -0.2) is 8.42 Å². The van der Waals surface area contributed by atoms with Gasteiger partial charge in [0.1, 0.15) is 11.5 Å². The van der Waals surface area contributed by atoms with Gasteiger partial charge in [-0.15, -0.1) is 0 Å². The Labute approximate surface area is 108 Å². The van der Waals surface area contributed by atoms with Crippen molar-refractivity contribution in [1.29, 1.82) is 0 Å². The van der Waals surface area contributed by atoms with Crippen molar-refractivity contribution in [3.8, 4) is 0 Å². The molecule has 0 spiro atoms. The van der Waals surface area contributed by atoms with Gasteiger partial charge in [-0.2, -0.15) is 0 Å². The van der Waals surface area contributed by atoms with Gasteiger partial charge in [0.05, 0.1) is 4.90 Å². The summed E-state index contributed by atoms with van der Waals surface area (Å²) in [6.45, 7) is 0. The summed E-state index contributed by atoms with van der Waals surface area (Å²) in [6, 6.07) is 8.19. The van der Waals surface area contributed by atoms with E-state index in [0.717, 1.165) is 12.8 Å². The molecule has 98 valence electrons. The zero-order valence-corrected chi connectivity index (χ0v) is 11.2. The molecule has 0 amide bonds. The number of carbonyl (C=O) groups is 1. The Balaban J connectivity index is 1.98. The van der Waals surface area contributed by atoms with E-state index in [1.165, 1.54) is 25.0 Å². The minimum absolute atomic E-state index is 0.147. The molecular formula is C14H18O3S. The second-order valence-corrected chi connectivity index (χ2v) is 6.95. The van der Waals surface area contributed by atoms with E-state index < -0.39 is 9.84 Å². The van der Waals surface area contributed by atoms with Crippen molar-refractivity contribution in [1.82, 2.24) is 0 Å². The fraction of sp³-hybridized carbons (Fsp3) is 0.500. The summed E-state index contributed by atoms with van der Waals surface area (Å²) < 4.78 is 24.0. The first kappa shape index (κ1) is 13.3. The summed E-state index contributed by atoms with van der Waals surface area (Å²) in [6.07, 6.45) is 4.90. The fourth-order valence-corrected chi connectivity index (χ4v) is 3.80. The maximum Gasteiger partial charge on any atom is 0.185 e. The Bertz CT molecular complexity index is 499. The van der Waals surface area contributed by atoms with Crippen LogP contribution in [0.1, 0.15) is 32.1 Å². The highest BCUT2D eigenvalue weighted by atomic mass is 32.2. The molecule has 0 N–H and O–H groups in total. The molecule has 0 radical (unpaired) electrons. The summed E-state index contributed by atoms with van der Waals surface area (Å²) in [5, 5.41) is 0. The Kier molecular flexibility index (Phi) is 4.17. The van der Waals surface area contributed by atoms with Gasteiger partial charge in [0.2, 0.25) is 0 Å². The number of Topliss-reactive ketones (excluding diaryl/α,β-unsaturated/α-hetero) is 1. The van der Waals surface area contributed by atoms with Gasteiger partial charge in [-0.3, -0.25) is 4.79 Å². The van der Waals surface area contributed by atoms with Crippen LogP contribution < -0.4 is 0 Å². The van der Waals surface area contributed by atoms with Crippen LogP contribution in [0.15, 0.2) is 35.2 Å². The lowest BCUT2D eigenvalue weighted by Gasteiger charge is -2.08. The van der Waals surface area contributed by atoms with E-state index in [0.29, 0.717) is 12.3 Å². The van der Waals surface area contributed by atoms with Crippen LogP contribution in [-0.2, 0) is 14.6 Å². The summed E-state index contributed by atoms with van der Waals surface area (Å²) in [4.78, 5) is 12.0. The molecule has 1 aromatic carbocycles. The predicted molar refractivity (Wildman–Crippen MR) is 70.1 cm³/mol.